The minimum Gasteiger partial charge on any atom is -0.461 e. The van der Waals surface area contributed by atoms with Crippen LogP contribution in [0.1, 0.15) is 20.3 Å². The number of hydrogen-bond acceptors (Lipinski definition) is 5. The lowest BCUT2D eigenvalue weighted by Crippen LogP contribution is -2.25. The molecule has 0 spiro atoms. The third-order valence-corrected chi connectivity index (χ3v) is 5.14. The summed E-state index contributed by atoms with van der Waals surface area (Å²) in [5.74, 6) is 0.768. The number of thioether (sulfide) groups is 1. The molecule has 1 atom stereocenters. The van der Waals surface area contributed by atoms with Crippen LogP contribution in [0.5, 0.6) is 0 Å². The fraction of sp³-hybridized carbons (Fsp3) is 0.278. The van der Waals surface area contributed by atoms with Crippen molar-refractivity contribution in [3.63, 3.8) is 0 Å². The standard InChI is InChI=1S/C18H19FN4O2S/c1-3-15(17(24)20-13-9-7-12(19)8-10-13)26-18-22-21-16(23(18)4-2)14-6-5-11-25-14/h5-11,15H,3-4H2,1-2H3,(H,20,24). The van der Waals surface area contributed by atoms with Gasteiger partial charge in [0.2, 0.25) is 5.91 Å². The summed E-state index contributed by atoms with van der Waals surface area (Å²) in [6.45, 7) is 4.57. The molecule has 0 saturated carbocycles. The molecule has 3 aromatic rings. The average Bonchev–Trinajstić information content (AvgIpc) is 3.30. The van der Waals surface area contributed by atoms with Gasteiger partial charge >= 0.3 is 0 Å². The fourth-order valence-corrected chi connectivity index (χ4v) is 3.47. The van der Waals surface area contributed by atoms with Crippen molar-refractivity contribution in [2.75, 3.05) is 5.32 Å². The Balaban J connectivity index is 1.75. The number of nitrogens with one attached hydrogen (secondary N) is 1. The number of halogens is 1. The molecular formula is C18H19FN4O2S. The molecule has 3 rings (SSSR count). The largest absolute Gasteiger partial charge is 0.461 e. The van der Waals surface area contributed by atoms with Crippen LogP contribution in [0.25, 0.3) is 11.6 Å². The molecule has 26 heavy (non-hydrogen) atoms. The zero-order valence-electron chi connectivity index (χ0n) is 14.5. The number of benzene rings is 1. The van der Waals surface area contributed by atoms with E-state index in [1.165, 1.54) is 36.0 Å². The van der Waals surface area contributed by atoms with Crippen molar-refractivity contribution < 1.29 is 13.6 Å². The maximum atomic E-state index is 13.0. The van der Waals surface area contributed by atoms with Crippen LogP contribution in [-0.4, -0.2) is 25.9 Å². The predicted octanol–water partition coefficient (Wildman–Crippen LogP) is 4.21. The van der Waals surface area contributed by atoms with Crippen LogP contribution >= 0.6 is 11.8 Å². The summed E-state index contributed by atoms with van der Waals surface area (Å²) in [6.07, 6.45) is 2.20. The van der Waals surface area contributed by atoms with E-state index in [2.05, 4.69) is 15.5 Å². The number of rotatable bonds is 7. The van der Waals surface area contributed by atoms with Gasteiger partial charge in [0.15, 0.2) is 16.7 Å². The molecule has 6 nitrogen and oxygen atoms in total. The molecule has 0 bridgehead atoms. The average molecular weight is 374 g/mol. The number of nitrogens with zero attached hydrogens (tertiary/aromatic N) is 3. The molecular weight excluding hydrogens is 355 g/mol. The monoisotopic (exact) mass is 374 g/mol. The molecule has 8 heteroatoms. The smallest absolute Gasteiger partial charge is 0.237 e. The molecule has 0 saturated heterocycles. The van der Waals surface area contributed by atoms with E-state index in [0.717, 1.165) is 0 Å². The number of furan rings is 1. The van der Waals surface area contributed by atoms with Gasteiger partial charge in [0.05, 0.1) is 11.5 Å². The van der Waals surface area contributed by atoms with Gasteiger partial charge in [-0.3, -0.25) is 9.36 Å². The normalized spacial score (nSPS) is 12.1. The highest BCUT2D eigenvalue weighted by molar-refractivity contribution is 8.00. The molecule has 0 aliphatic carbocycles. The van der Waals surface area contributed by atoms with Crippen LogP contribution in [0, 0.1) is 5.82 Å². The molecule has 1 unspecified atom stereocenters. The summed E-state index contributed by atoms with van der Waals surface area (Å²) < 4.78 is 20.3. The molecule has 0 aliphatic heterocycles. The van der Waals surface area contributed by atoms with Crippen LogP contribution < -0.4 is 5.32 Å². The Morgan fingerprint density at radius 3 is 2.65 bits per heavy atom. The van der Waals surface area contributed by atoms with Gasteiger partial charge in [-0.15, -0.1) is 10.2 Å². The van der Waals surface area contributed by atoms with E-state index in [1.807, 2.05) is 24.5 Å². The SMILES string of the molecule is CCC(Sc1nnc(-c2ccco2)n1CC)C(=O)Nc1ccc(F)cc1. The van der Waals surface area contributed by atoms with Gasteiger partial charge in [-0.25, -0.2) is 4.39 Å². The second-order valence-corrected chi connectivity index (χ2v) is 6.71. The van der Waals surface area contributed by atoms with Crippen LogP contribution in [0.3, 0.4) is 0 Å². The quantitative estimate of drug-likeness (QED) is 0.627. The summed E-state index contributed by atoms with van der Waals surface area (Å²) in [5.41, 5.74) is 0.559. The molecule has 1 N–H and O–H groups in total. The first-order valence-corrected chi connectivity index (χ1v) is 9.20. The zero-order chi connectivity index (χ0) is 18.5. The van der Waals surface area contributed by atoms with E-state index in [9.17, 15) is 9.18 Å². The van der Waals surface area contributed by atoms with Gasteiger partial charge in [-0.05, 0) is 49.7 Å². The lowest BCUT2D eigenvalue weighted by atomic mass is 10.2. The second-order valence-electron chi connectivity index (χ2n) is 5.54. The molecule has 0 fully saturated rings. The second kappa shape index (κ2) is 8.18. The first-order chi connectivity index (χ1) is 12.6. The molecule has 1 amide bonds. The van der Waals surface area contributed by atoms with Gasteiger partial charge in [0, 0.05) is 12.2 Å². The van der Waals surface area contributed by atoms with Crippen LogP contribution in [0.15, 0.2) is 52.2 Å². The Hall–Kier alpha value is -2.61. The molecule has 2 heterocycles. The predicted molar refractivity (Wildman–Crippen MR) is 98.4 cm³/mol. The number of carbonyl (C=O) groups excluding carboxylic acids is 1. The van der Waals surface area contributed by atoms with Gasteiger partial charge in [0.25, 0.3) is 0 Å². The number of anilines is 1. The number of amides is 1. The van der Waals surface area contributed by atoms with Crippen molar-refractivity contribution in [3.8, 4) is 11.6 Å². The van der Waals surface area contributed by atoms with E-state index in [-0.39, 0.29) is 17.0 Å². The third kappa shape index (κ3) is 3.96. The Bertz CT molecular complexity index is 862. The lowest BCUT2D eigenvalue weighted by Gasteiger charge is -2.15. The van der Waals surface area contributed by atoms with Gasteiger partial charge in [0.1, 0.15) is 5.82 Å². The maximum Gasteiger partial charge on any atom is 0.237 e. The Kier molecular flexibility index (Phi) is 5.72. The van der Waals surface area contributed by atoms with Gasteiger partial charge in [-0.1, -0.05) is 18.7 Å². The van der Waals surface area contributed by atoms with Crippen LogP contribution in [-0.2, 0) is 11.3 Å². The van der Waals surface area contributed by atoms with E-state index >= 15 is 0 Å². The highest BCUT2D eigenvalue weighted by Crippen LogP contribution is 2.29. The van der Waals surface area contributed by atoms with Crippen molar-refractivity contribution in [3.05, 3.63) is 48.5 Å². The summed E-state index contributed by atoms with van der Waals surface area (Å²) in [4.78, 5) is 12.6. The number of aromatic nitrogens is 3. The van der Waals surface area contributed by atoms with Crippen molar-refractivity contribution in [2.24, 2.45) is 0 Å². The first-order valence-electron chi connectivity index (χ1n) is 8.32. The molecule has 0 aliphatic rings. The molecule has 1 aromatic carbocycles. The van der Waals surface area contributed by atoms with E-state index < -0.39 is 0 Å². The molecule has 2 aromatic heterocycles. The minimum absolute atomic E-state index is 0.158. The number of carbonyl (C=O) groups is 1. The number of hydrogen-bond donors (Lipinski definition) is 1. The van der Waals surface area contributed by atoms with Gasteiger partial charge in [-0.2, -0.15) is 0 Å². The first kappa shape index (κ1) is 18.2. The molecule has 136 valence electrons. The Morgan fingerprint density at radius 2 is 2.04 bits per heavy atom. The van der Waals surface area contributed by atoms with Crippen LogP contribution in [0.2, 0.25) is 0 Å². The highest BCUT2D eigenvalue weighted by Gasteiger charge is 2.23. The minimum atomic E-state index is -0.348. The molecule has 0 radical (unpaired) electrons. The van der Waals surface area contributed by atoms with Gasteiger partial charge < -0.3 is 9.73 Å². The summed E-state index contributed by atoms with van der Waals surface area (Å²) in [5, 5.41) is 11.5. The summed E-state index contributed by atoms with van der Waals surface area (Å²) in [7, 11) is 0. The van der Waals surface area contributed by atoms with Crippen molar-refractivity contribution in [2.45, 2.75) is 37.2 Å². The lowest BCUT2D eigenvalue weighted by molar-refractivity contribution is -0.115. The van der Waals surface area contributed by atoms with Crippen LogP contribution in [0.4, 0.5) is 10.1 Å². The van der Waals surface area contributed by atoms with E-state index in [1.54, 1.807) is 12.3 Å². The van der Waals surface area contributed by atoms with Crippen molar-refractivity contribution in [1.82, 2.24) is 14.8 Å². The maximum absolute atomic E-state index is 13.0. The summed E-state index contributed by atoms with van der Waals surface area (Å²) in [6, 6.07) is 9.31. The Morgan fingerprint density at radius 1 is 1.27 bits per heavy atom. The third-order valence-electron chi connectivity index (χ3n) is 3.80. The highest BCUT2D eigenvalue weighted by atomic mass is 32.2. The summed E-state index contributed by atoms with van der Waals surface area (Å²) >= 11 is 1.35. The zero-order valence-corrected chi connectivity index (χ0v) is 15.3. The Labute approximate surface area is 154 Å². The van der Waals surface area contributed by atoms with E-state index in [4.69, 9.17) is 4.42 Å². The topological polar surface area (TPSA) is 73.0 Å². The van der Waals surface area contributed by atoms with Crippen molar-refractivity contribution >= 4 is 23.4 Å². The van der Waals surface area contributed by atoms with E-state index in [0.29, 0.717) is 35.4 Å². The fourth-order valence-electron chi connectivity index (χ4n) is 2.45. The van der Waals surface area contributed by atoms with Crippen molar-refractivity contribution in [1.29, 1.82) is 0 Å².